The molecule has 0 aliphatic heterocycles. The number of esters is 1. The van der Waals surface area contributed by atoms with Crippen LogP contribution in [0.5, 0.6) is 0 Å². The molecule has 1 atom stereocenters. The van der Waals surface area contributed by atoms with Crippen LogP contribution in [0.2, 0.25) is 0 Å². The van der Waals surface area contributed by atoms with E-state index in [4.69, 9.17) is 4.74 Å². The quantitative estimate of drug-likeness (QED) is 0.342. The lowest BCUT2D eigenvalue weighted by molar-refractivity contribution is -0.385. The number of nitrogens with zero attached hydrogens (tertiary/aromatic N) is 1. The van der Waals surface area contributed by atoms with Gasteiger partial charge in [-0.1, -0.05) is 24.3 Å². The lowest BCUT2D eigenvalue weighted by Crippen LogP contribution is -2.30. The van der Waals surface area contributed by atoms with Crippen molar-refractivity contribution >= 4 is 11.7 Å². The summed E-state index contributed by atoms with van der Waals surface area (Å²) in [6, 6.07) is 6.36. The van der Waals surface area contributed by atoms with E-state index in [0.29, 0.717) is 5.56 Å². The van der Waals surface area contributed by atoms with Gasteiger partial charge in [0, 0.05) is 11.6 Å². The summed E-state index contributed by atoms with van der Waals surface area (Å²) in [5, 5.41) is 11.0. The second-order valence-corrected chi connectivity index (χ2v) is 4.40. The van der Waals surface area contributed by atoms with Crippen molar-refractivity contribution in [2.45, 2.75) is 20.3 Å². The fourth-order valence-electron chi connectivity index (χ4n) is 1.76. The molecule has 0 radical (unpaired) electrons. The summed E-state index contributed by atoms with van der Waals surface area (Å²) >= 11 is 0. The number of rotatable bonds is 6. The van der Waals surface area contributed by atoms with Gasteiger partial charge in [0.1, 0.15) is 0 Å². The standard InChI is InChI=1S/C14H17NO4/c1-4-14(3,13(16)19-5-2)10-11-8-6-7-9-12(11)15(17)18/h4,6-9H,1,5,10H2,2-3H3. The molecule has 0 saturated carbocycles. The Morgan fingerprint density at radius 2 is 2.16 bits per heavy atom. The first-order valence-corrected chi connectivity index (χ1v) is 5.97. The fraction of sp³-hybridized carbons (Fsp3) is 0.357. The molecule has 1 unspecified atom stereocenters. The van der Waals surface area contributed by atoms with Crippen LogP contribution in [-0.2, 0) is 16.0 Å². The number of ether oxygens (including phenoxy) is 1. The van der Waals surface area contributed by atoms with Crippen LogP contribution >= 0.6 is 0 Å². The maximum absolute atomic E-state index is 11.9. The third-order valence-corrected chi connectivity index (χ3v) is 2.94. The first-order valence-electron chi connectivity index (χ1n) is 5.97. The zero-order valence-corrected chi connectivity index (χ0v) is 11.1. The van der Waals surface area contributed by atoms with Gasteiger partial charge in [0.25, 0.3) is 5.69 Å². The number of nitro benzene ring substituents is 1. The molecule has 0 aliphatic rings. The van der Waals surface area contributed by atoms with E-state index in [1.807, 2.05) is 0 Å². The Bertz CT molecular complexity index is 498. The van der Waals surface area contributed by atoms with E-state index < -0.39 is 16.3 Å². The van der Waals surface area contributed by atoms with E-state index in [2.05, 4.69) is 6.58 Å². The van der Waals surface area contributed by atoms with E-state index in [0.717, 1.165) is 0 Å². The molecule has 102 valence electrons. The second-order valence-electron chi connectivity index (χ2n) is 4.40. The maximum Gasteiger partial charge on any atom is 0.315 e. The summed E-state index contributed by atoms with van der Waals surface area (Å²) in [5.74, 6) is -0.428. The summed E-state index contributed by atoms with van der Waals surface area (Å²) < 4.78 is 4.99. The van der Waals surface area contributed by atoms with Crippen molar-refractivity contribution in [3.05, 3.63) is 52.6 Å². The molecule has 0 bridgehead atoms. The van der Waals surface area contributed by atoms with Crippen molar-refractivity contribution in [1.82, 2.24) is 0 Å². The third kappa shape index (κ3) is 3.40. The van der Waals surface area contributed by atoms with Gasteiger partial charge in [-0.05, 0) is 20.3 Å². The lowest BCUT2D eigenvalue weighted by atomic mass is 9.83. The second kappa shape index (κ2) is 6.13. The molecule has 0 spiro atoms. The molecule has 1 aromatic carbocycles. The third-order valence-electron chi connectivity index (χ3n) is 2.94. The predicted molar refractivity (Wildman–Crippen MR) is 71.7 cm³/mol. The lowest BCUT2D eigenvalue weighted by Gasteiger charge is -2.23. The molecule has 1 aromatic rings. The largest absolute Gasteiger partial charge is 0.465 e. The minimum absolute atomic E-state index is 0.000117. The molecule has 0 fully saturated rings. The van der Waals surface area contributed by atoms with Gasteiger partial charge in [0.05, 0.1) is 16.9 Å². The van der Waals surface area contributed by atoms with Crippen LogP contribution < -0.4 is 0 Å². The highest BCUT2D eigenvalue weighted by Crippen LogP contribution is 2.30. The molecule has 0 saturated heterocycles. The summed E-state index contributed by atoms with van der Waals surface area (Å²) in [6.07, 6.45) is 1.66. The smallest absolute Gasteiger partial charge is 0.315 e. The van der Waals surface area contributed by atoms with Gasteiger partial charge in [-0.15, -0.1) is 6.58 Å². The van der Waals surface area contributed by atoms with Crippen LogP contribution in [-0.4, -0.2) is 17.5 Å². The Balaban J connectivity index is 3.08. The van der Waals surface area contributed by atoms with Crippen molar-refractivity contribution in [3.8, 4) is 0 Å². The monoisotopic (exact) mass is 263 g/mol. The Morgan fingerprint density at radius 3 is 2.68 bits per heavy atom. The fourth-order valence-corrected chi connectivity index (χ4v) is 1.76. The average Bonchev–Trinajstić information content (AvgIpc) is 2.39. The van der Waals surface area contributed by atoms with Gasteiger partial charge in [0.2, 0.25) is 0 Å². The first-order chi connectivity index (χ1) is 8.94. The number of carbonyl (C=O) groups excluding carboxylic acids is 1. The number of nitro groups is 1. The molecule has 1 rings (SSSR count). The van der Waals surface area contributed by atoms with Crippen LogP contribution in [0.1, 0.15) is 19.4 Å². The Kier molecular flexibility index (Phi) is 4.80. The number of hydrogen-bond acceptors (Lipinski definition) is 4. The normalized spacial score (nSPS) is 13.4. The highest BCUT2D eigenvalue weighted by atomic mass is 16.6. The van der Waals surface area contributed by atoms with E-state index in [-0.39, 0.29) is 18.7 Å². The van der Waals surface area contributed by atoms with Crippen LogP contribution in [0.4, 0.5) is 5.69 Å². The van der Waals surface area contributed by atoms with E-state index >= 15 is 0 Å². The van der Waals surface area contributed by atoms with Crippen LogP contribution in [0.3, 0.4) is 0 Å². The summed E-state index contributed by atoms with van der Waals surface area (Å²) in [5.41, 5.74) is -0.481. The van der Waals surface area contributed by atoms with Crippen molar-refractivity contribution < 1.29 is 14.5 Å². The number of carbonyl (C=O) groups is 1. The van der Waals surface area contributed by atoms with Gasteiger partial charge in [0.15, 0.2) is 0 Å². The zero-order chi connectivity index (χ0) is 14.5. The molecular formula is C14H17NO4. The molecular weight excluding hydrogens is 246 g/mol. The van der Waals surface area contributed by atoms with Crippen LogP contribution in [0, 0.1) is 15.5 Å². The van der Waals surface area contributed by atoms with Crippen molar-refractivity contribution in [2.75, 3.05) is 6.61 Å². The molecule has 19 heavy (non-hydrogen) atoms. The number of hydrogen-bond donors (Lipinski definition) is 0. The minimum Gasteiger partial charge on any atom is -0.465 e. The Hall–Kier alpha value is -2.17. The Morgan fingerprint density at radius 1 is 1.53 bits per heavy atom. The van der Waals surface area contributed by atoms with Crippen molar-refractivity contribution in [1.29, 1.82) is 0 Å². The predicted octanol–water partition coefficient (Wildman–Crippen LogP) is 2.89. The molecule has 0 aliphatic carbocycles. The van der Waals surface area contributed by atoms with Gasteiger partial charge in [-0.25, -0.2) is 0 Å². The van der Waals surface area contributed by atoms with Gasteiger partial charge in [-0.2, -0.15) is 0 Å². The van der Waals surface area contributed by atoms with Crippen LogP contribution in [0.15, 0.2) is 36.9 Å². The molecule has 0 aromatic heterocycles. The maximum atomic E-state index is 11.9. The topological polar surface area (TPSA) is 69.4 Å². The average molecular weight is 263 g/mol. The highest BCUT2D eigenvalue weighted by molar-refractivity contribution is 5.79. The van der Waals surface area contributed by atoms with Gasteiger partial charge >= 0.3 is 5.97 Å². The molecule has 5 heteroatoms. The van der Waals surface area contributed by atoms with E-state index in [1.165, 1.54) is 12.1 Å². The van der Waals surface area contributed by atoms with Gasteiger partial charge < -0.3 is 4.74 Å². The molecule has 0 N–H and O–H groups in total. The van der Waals surface area contributed by atoms with Crippen molar-refractivity contribution in [2.24, 2.45) is 5.41 Å². The minimum atomic E-state index is -0.970. The van der Waals surface area contributed by atoms with Crippen molar-refractivity contribution in [3.63, 3.8) is 0 Å². The SMILES string of the molecule is C=CC(C)(Cc1ccccc1[N+](=O)[O-])C(=O)OCC. The Labute approximate surface area is 112 Å². The molecule has 5 nitrogen and oxygen atoms in total. The molecule has 0 heterocycles. The number of benzene rings is 1. The van der Waals surface area contributed by atoms with Gasteiger partial charge in [-0.3, -0.25) is 14.9 Å². The highest BCUT2D eigenvalue weighted by Gasteiger charge is 2.33. The first kappa shape index (κ1) is 14.9. The molecule has 0 amide bonds. The summed E-state index contributed by atoms with van der Waals surface area (Å²) in [6.45, 7) is 7.28. The van der Waals surface area contributed by atoms with E-state index in [9.17, 15) is 14.9 Å². The van der Waals surface area contributed by atoms with E-state index in [1.54, 1.807) is 32.0 Å². The summed E-state index contributed by atoms with van der Waals surface area (Å²) in [4.78, 5) is 22.4. The zero-order valence-electron chi connectivity index (χ0n) is 11.1. The van der Waals surface area contributed by atoms with Crippen LogP contribution in [0.25, 0.3) is 0 Å². The summed E-state index contributed by atoms with van der Waals surface area (Å²) in [7, 11) is 0. The number of para-hydroxylation sites is 1.